The van der Waals surface area contributed by atoms with Crippen LogP contribution in [0.4, 0.5) is 43.9 Å². The summed E-state index contributed by atoms with van der Waals surface area (Å²) in [6.45, 7) is 0. The summed E-state index contributed by atoms with van der Waals surface area (Å²) in [6, 6.07) is 14.0. The zero-order valence-corrected chi connectivity index (χ0v) is 21.8. The SMILES string of the molecule is O=C(NC(Cc1ccccn1)(c1cccc(OC(F)(F)F)c1)c1cccc(OC(F)(F)F)c1)c1ccc(F)c(C(F)(F)F)c1. The first kappa shape index (κ1) is 32.1. The Morgan fingerprint density at radius 3 is 1.75 bits per heavy atom. The van der Waals surface area contributed by atoms with Crippen LogP contribution < -0.4 is 14.8 Å². The summed E-state index contributed by atoms with van der Waals surface area (Å²) in [5, 5.41) is 2.46. The van der Waals surface area contributed by atoms with Crippen molar-refractivity contribution in [2.75, 3.05) is 0 Å². The van der Waals surface area contributed by atoms with Gasteiger partial charge in [0.25, 0.3) is 5.91 Å². The lowest BCUT2D eigenvalue weighted by molar-refractivity contribution is -0.275. The van der Waals surface area contributed by atoms with Gasteiger partial charge in [0.05, 0.1) is 11.1 Å². The van der Waals surface area contributed by atoms with Gasteiger partial charge in [0.1, 0.15) is 17.3 Å². The highest BCUT2D eigenvalue weighted by Crippen LogP contribution is 2.39. The molecule has 1 amide bonds. The lowest BCUT2D eigenvalue weighted by atomic mass is 9.78. The molecule has 0 bridgehead atoms. The number of alkyl halides is 9. The molecule has 0 saturated carbocycles. The fourth-order valence-electron chi connectivity index (χ4n) is 4.40. The van der Waals surface area contributed by atoms with Crippen LogP contribution in [0.15, 0.2) is 91.1 Å². The average Bonchev–Trinajstić information content (AvgIpc) is 2.91. The van der Waals surface area contributed by atoms with E-state index >= 15 is 0 Å². The molecule has 3 aromatic carbocycles. The second-order valence-corrected chi connectivity index (χ2v) is 9.20. The van der Waals surface area contributed by atoms with Crippen molar-refractivity contribution in [3.8, 4) is 11.5 Å². The Bertz CT molecular complexity index is 1560. The Morgan fingerprint density at radius 2 is 1.27 bits per heavy atom. The molecule has 0 spiro atoms. The number of hydrogen-bond donors (Lipinski definition) is 1. The maximum absolute atomic E-state index is 14.0. The van der Waals surface area contributed by atoms with E-state index in [1.807, 2.05) is 0 Å². The molecular formula is C29H18F10N2O3. The Morgan fingerprint density at radius 1 is 0.705 bits per heavy atom. The third kappa shape index (κ3) is 7.96. The highest BCUT2D eigenvalue weighted by Gasteiger charge is 2.41. The number of pyridine rings is 1. The topological polar surface area (TPSA) is 60.5 Å². The zero-order valence-electron chi connectivity index (χ0n) is 21.8. The summed E-state index contributed by atoms with van der Waals surface area (Å²) in [5.41, 5.74) is -4.84. The predicted octanol–water partition coefficient (Wildman–Crippen LogP) is 7.95. The molecule has 15 heteroatoms. The number of aromatic nitrogens is 1. The van der Waals surface area contributed by atoms with E-state index in [2.05, 4.69) is 19.8 Å². The van der Waals surface area contributed by atoms with Crippen LogP contribution >= 0.6 is 0 Å². The highest BCUT2D eigenvalue weighted by atomic mass is 19.4. The van der Waals surface area contributed by atoms with Gasteiger partial charge >= 0.3 is 18.9 Å². The number of carbonyl (C=O) groups is 1. The van der Waals surface area contributed by atoms with Crippen molar-refractivity contribution in [2.45, 2.75) is 30.9 Å². The molecule has 4 rings (SSSR count). The number of nitrogens with one attached hydrogen (secondary N) is 1. The van der Waals surface area contributed by atoms with E-state index < -0.39 is 65.2 Å². The van der Waals surface area contributed by atoms with Crippen LogP contribution in [0.2, 0.25) is 0 Å². The number of halogens is 10. The second kappa shape index (κ2) is 12.1. The standard InChI is InChI=1S/C29H18F10N2O3/c30-24-11-10-17(13-23(24)27(31,32)33)25(42)41-26(16-20-7-1-2-12-40-20,18-5-3-8-21(14-18)43-28(34,35)36)19-6-4-9-22(15-19)44-29(37,38)39/h1-15H,16H2,(H,41,42). The quantitative estimate of drug-likeness (QED) is 0.200. The molecule has 1 heterocycles. The summed E-state index contributed by atoms with van der Waals surface area (Å²) in [5.74, 6) is -4.52. The van der Waals surface area contributed by atoms with Gasteiger partial charge in [-0.15, -0.1) is 26.3 Å². The summed E-state index contributed by atoms with van der Waals surface area (Å²) in [4.78, 5) is 17.7. The molecule has 4 aromatic rings. The van der Waals surface area contributed by atoms with E-state index in [0.717, 1.165) is 42.5 Å². The molecule has 0 aliphatic rings. The van der Waals surface area contributed by atoms with Crippen molar-refractivity contribution < 1.29 is 58.2 Å². The summed E-state index contributed by atoms with van der Waals surface area (Å²) in [7, 11) is 0. The molecule has 0 fully saturated rings. The van der Waals surface area contributed by atoms with Crippen LogP contribution in [0.5, 0.6) is 11.5 Å². The summed E-state index contributed by atoms with van der Waals surface area (Å²) >= 11 is 0. The first-order valence-corrected chi connectivity index (χ1v) is 12.3. The van der Waals surface area contributed by atoms with Crippen LogP contribution in [-0.4, -0.2) is 23.6 Å². The Hall–Kier alpha value is -4.82. The monoisotopic (exact) mass is 632 g/mol. The molecule has 0 atom stereocenters. The minimum atomic E-state index is -5.20. The van der Waals surface area contributed by atoms with E-state index in [1.54, 1.807) is 0 Å². The predicted molar refractivity (Wildman–Crippen MR) is 134 cm³/mol. The van der Waals surface area contributed by atoms with Gasteiger partial charge in [-0.2, -0.15) is 13.2 Å². The molecule has 0 aliphatic carbocycles. The molecular weight excluding hydrogens is 614 g/mol. The largest absolute Gasteiger partial charge is 0.573 e. The van der Waals surface area contributed by atoms with Gasteiger partial charge in [-0.25, -0.2) is 4.39 Å². The van der Waals surface area contributed by atoms with Crippen molar-refractivity contribution in [1.82, 2.24) is 10.3 Å². The molecule has 232 valence electrons. The normalized spacial score (nSPS) is 12.5. The number of ether oxygens (including phenoxy) is 2. The maximum Gasteiger partial charge on any atom is 0.573 e. The smallest absolute Gasteiger partial charge is 0.406 e. The Balaban J connectivity index is 1.96. The minimum Gasteiger partial charge on any atom is -0.406 e. The van der Waals surface area contributed by atoms with Crippen LogP contribution in [0, 0.1) is 5.82 Å². The lowest BCUT2D eigenvalue weighted by Gasteiger charge is -2.36. The van der Waals surface area contributed by atoms with Crippen molar-refractivity contribution in [2.24, 2.45) is 0 Å². The van der Waals surface area contributed by atoms with Crippen LogP contribution in [0.3, 0.4) is 0 Å². The summed E-state index contributed by atoms with van der Waals surface area (Å²) < 4.78 is 141. The number of amides is 1. The third-order valence-electron chi connectivity index (χ3n) is 6.15. The first-order chi connectivity index (χ1) is 20.5. The van der Waals surface area contributed by atoms with E-state index in [1.165, 1.54) is 36.5 Å². The number of carbonyl (C=O) groups excluding carboxylic acids is 1. The first-order valence-electron chi connectivity index (χ1n) is 12.3. The molecule has 1 aromatic heterocycles. The fraction of sp³-hybridized carbons (Fsp3) is 0.172. The minimum absolute atomic E-state index is 0.159. The lowest BCUT2D eigenvalue weighted by Crippen LogP contribution is -2.49. The molecule has 1 N–H and O–H groups in total. The molecule has 5 nitrogen and oxygen atoms in total. The highest BCUT2D eigenvalue weighted by molar-refractivity contribution is 5.95. The van der Waals surface area contributed by atoms with E-state index in [4.69, 9.17) is 0 Å². The van der Waals surface area contributed by atoms with E-state index in [-0.39, 0.29) is 22.9 Å². The number of hydrogen-bond acceptors (Lipinski definition) is 4. The van der Waals surface area contributed by atoms with Crippen molar-refractivity contribution >= 4 is 5.91 Å². The summed E-state index contributed by atoms with van der Waals surface area (Å²) in [6.07, 6.45) is -14.6. The fourth-order valence-corrected chi connectivity index (χ4v) is 4.40. The van der Waals surface area contributed by atoms with Crippen molar-refractivity contribution in [3.05, 3.63) is 125 Å². The van der Waals surface area contributed by atoms with E-state index in [9.17, 15) is 48.7 Å². The Labute approximate surface area is 242 Å². The van der Waals surface area contributed by atoms with Crippen LogP contribution in [-0.2, 0) is 18.1 Å². The Kier molecular flexibility index (Phi) is 8.79. The molecule has 44 heavy (non-hydrogen) atoms. The van der Waals surface area contributed by atoms with Gasteiger partial charge in [-0.05, 0) is 65.7 Å². The zero-order chi connectivity index (χ0) is 32.3. The molecule has 0 unspecified atom stereocenters. The number of benzene rings is 3. The van der Waals surface area contributed by atoms with Crippen molar-refractivity contribution in [3.63, 3.8) is 0 Å². The van der Waals surface area contributed by atoms with Crippen LogP contribution in [0.25, 0.3) is 0 Å². The van der Waals surface area contributed by atoms with Crippen LogP contribution in [0.1, 0.15) is 32.7 Å². The maximum atomic E-state index is 14.0. The molecule has 0 radical (unpaired) electrons. The number of nitrogens with zero attached hydrogens (tertiary/aromatic N) is 1. The van der Waals surface area contributed by atoms with Gasteiger partial charge in [0, 0.05) is 23.9 Å². The van der Waals surface area contributed by atoms with E-state index in [0.29, 0.717) is 6.07 Å². The van der Waals surface area contributed by atoms with Gasteiger partial charge in [-0.3, -0.25) is 9.78 Å². The van der Waals surface area contributed by atoms with Gasteiger partial charge in [-0.1, -0.05) is 30.3 Å². The molecule has 0 aliphatic heterocycles. The van der Waals surface area contributed by atoms with Gasteiger partial charge in [0.15, 0.2) is 0 Å². The van der Waals surface area contributed by atoms with Gasteiger partial charge in [0.2, 0.25) is 0 Å². The van der Waals surface area contributed by atoms with Crippen molar-refractivity contribution in [1.29, 1.82) is 0 Å². The second-order valence-electron chi connectivity index (χ2n) is 9.20. The third-order valence-corrected chi connectivity index (χ3v) is 6.15. The number of rotatable bonds is 8. The van der Waals surface area contributed by atoms with Gasteiger partial charge < -0.3 is 14.8 Å². The average molecular weight is 632 g/mol. The molecule has 0 saturated heterocycles.